The predicted octanol–water partition coefficient (Wildman–Crippen LogP) is 3.95. The highest BCUT2D eigenvalue weighted by Crippen LogP contribution is 2.35. The number of aromatic nitrogens is 3. The fourth-order valence-corrected chi connectivity index (χ4v) is 4.88. The lowest BCUT2D eigenvalue weighted by atomic mass is 10.0. The van der Waals surface area contributed by atoms with Crippen LogP contribution in [0.25, 0.3) is 22.0 Å². The summed E-state index contributed by atoms with van der Waals surface area (Å²) in [5.41, 5.74) is 8.92. The Kier molecular flexibility index (Phi) is 6.73. The number of anilines is 3. The Hall–Kier alpha value is -5.17. The van der Waals surface area contributed by atoms with Crippen LogP contribution in [-0.2, 0) is 10.0 Å². The first-order chi connectivity index (χ1) is 18.8. The minimum absolute atomic E-state index is 0.00769. The zero-order valence-electron chi connectivity index (χ0n) is 20.7. The number of sulfonamides is 1. The normalized spacial score (nSPS) is 11.2. The van der Waals surface area contributed by atoms with Gasteiger partial charge >= 0.3 is 6.01 Å². The van der Waals surface area contributed by atoms with E-state index in [0.29, 0.717) is 39.4 Å². The molecule has 198 valence electrons. The Morgan fingerprint density at radius 3 is 2.54 bits per heavy atom. The van der Waals surface area contributed by atoms with Crippen LogP contribution in [0.5, 0.6) is 11.9 Å². The van der Waals surface area contributed by atoms with Crippen LogP contribution in [0.3, 0.4) is 0 Å². The number of amides is 1. The van der Waals surface area contributed by atoms with Crippen molar-refractivity contribution in [1.29, 1.82) is 0 Å². The van der Waals surface area contributed by atoms with Crippen molar-refractivity contribution < 1.29 is 27.1 Å². The van der Waals surface area contributed by atoms with Crippen molar-refractivity contribution in [3.63, 3.8) is 0 Å². The summed E-state index contributed by atoms with van der Waals surface area (Å²) in [5, 5.41) is 3.80. The van der Waals surface area contributed by atoms with Crippen LogP contribution in [0.15, 0.2) is 82.8 Å². The van der Waals surface area contributed by atoms with Gasteiger partial charge in [0, 0.05) is 23.5 Å². The van der Waals surface area contributed by atoms with E-state index in [2.05, 4.69) is 25.0 Å². The van der Waals surface area contributed by atoms with Crippen molar-refractivity contribution in [2.45, 2.75) is 4.90 Å². The summed E-state index contributed by atoms with van der Waals surface area (Å²) in [7, 11) is -0.884. The molecule has 0 saturated heterocycles. The van der Waals surface area contributed by atoms with Crippen LogP contribution in [0.2, 0.25) is 0 Å². The molecule has 0 radical (unpaired) electrons. The Balaban J connectivity index is 1.53. The molecule has 3 heterocycles. The number of nitrogens with zero attached hydrogens (tertiary/aromatic N) is 3. The van der Waals surface area contributed by atoms with Crippen LogP contribution >= 0.6 is 0 Å². The van der Waals surface area contributed by atoms with Gasteiger partial charge in [0.05, 0.1) is 48.5 Å². The van der Waals surface area contributed by atoms with Crippen LogP contribution in [0.1, 0.15) is 10.4 Å². The van der Waals surface area contributed by atoms with E-state index >= 15 is 0 Å². The molecule has 2 aromatic carbocycles. The highest BCUT2D eigenvalue weighted by atomic mass is 32.2. The van der Waals surface area contributed by atoms with Crippen molar-refractivity contribution in [2.24, 2.45) is 5.73 Å². The number of ether oxygens (including phenoxy) is 2. The topological polar surface area (TPSA) is 172 Å². The van der Waals surface area contributed by atoms with Gasteiger partial charge in [-0.2, -0.15) is 4.98 Å². The zero-order valence-corrected chi connectivity index (χ0v) is 21.5. The highest BCUT2D eigenvalue weighted by molar-refractivity contribution is 7.92. The third-order valence-corrected chi connectivity index (χ3v) is 7.10. The number of primary amides is 1. The maximum absolute atomic E-state index is 12.6. The van der Waals surface area contributed by atoms with E-state index in [1.807, 2.05) is 6.07 Å². The number of methoxy groups -OCH3 is 2. The van der Waals surface area contributed by atoms with E-state index in [0.717, 1.165) is 11.8 Å². The van der Waals surface area contributed by atoms with Gasteiger partial charge in [-0.15, -0.1) is 0 Å². The number of furan rings is 1. The molecule has 13 heteroatoms. The molecule has 12 nitrogen and oxygen atoms in total. The van der Waals surface area contributed by atoms with Gasteiger partial charge in [0.1, 0.15) is 11.2 Å². The molecule has 0 aliphatic carbocycles. The summed E-state index contributed by atoms with van der Waals surface area (Å²) < 4.78 is 43.0. The number of carbonyl (C=O) groups is 1. The standard InChI is InChI=1S/C26H22N6O6S/c1-36-25-20(12-29-26(31-25)37-2)15-6-7-19-22(10-15)28-13-21(24(27)33)23(19)30-16-4-3-5-17(11-16)32-39(34,35)18-8-9-38-14-18/h3-14,32H,1-2H3,(H2,27,33)(H,28,30). The first-order valence-electron chi connectivity index (χ1n) is 11.4. The maximum atomic E-state index is 12.6. The third-order valence-electron chi connectivity index (χ3n) is 5.74. The second-order valence-electron chi connectivity index (χ2n) is 8.19. The molecule has 0 atom stereocenters. The van der Waals surface area contributed by atoms with Crippen molar-refractivity contribution in [3.8, 4) is 23.0 Å². The summed E-state index contributed by atoms with van der Waals surface area (Å²) in [4.78, 5) is 25.1. The molecule has 39 heavy (non-hydrogen) atoms. The molecule has 0 saturated carbocycles. The minimum Gasteiger partial charge on any atom is -0.480 e. The smallest absolute Gasteiger partial charge is 0.319 e. The average molecular weight is 547 g/mol. The number of hydrogen-bond donors (Lipinski definition) is 3. The van der Waals surface area contributed by atoms with Crippen LogP contribution < -0.4 is 25.2 Å². The second kappa shape index (κ2) is 10.3. The van der Waals surface area contributed by atoms with Crippen molar-refractivity contribution in [3.05, 3.63) is 79.0 Å². The second-order valence-corrected chi connectivity index (χ2v) is 9.88. The monoisotopic (exact) mass is 546 g/mol. The summed E-state index contributed by atoms with van der Waals surface area (Å²) >= 11 is 0. The lowest BCUT2D eigenvalue weighted by molar-refractivity contribution is 0.100. The van der Waals surface area contributed by atoms with Gasteiger partial charge in [-0.25, -0.2) is 13.4 Å². The van der Waals surface area contributed by atoms with E-state index in [4.69, 9.17) is 19.6 Å². The van der Waals surface area contributed by atoms with Gasteiger partial charge < -0.3 is 24.9 Å². The predicted molar refractivity (Wildman–Crippen MR) is 144 cm³/mol. The number of rotatable bonds is 9. The van der Waals surface area contributed by atoms with Gasteiger partial charge in [0.25, 0.3) is 15.9 Å². The fourth-order valence-electron chi connectivity index (χ4n) is 3.91. The van der Waals surface area contributed by atoms with Gasteiger partial charge in [-0.05, 0) is 35.9 Å². The number of fused-ring (bicyclic) bond motifs is 1. The summed E-state index contributed by atoms with van der Waals surface area (Å²) in [6, 6.07) is 13.5. The first-order valence-corrected chi connectivity index (χ1v) is 12.9. The maximum Gasteiger partial charge on any atom is 0.319 e. The van der Waals surface area contributed by atoms with Crippen LogP contribution in [0, 0.1) is 0 Å². The molecule has 4 N–H and O–H groups in total. The summed E-state index contributed by atoms with van der Waals surface area (Å²) in [6.07, 6.45) is 5.37. The SMILES string of the molecule is COc1ncc(-c2ccc3c(Nc4cccc(NS(=O)(=O)c5ccoc5)c4)c(C(N)=O)cnc3c2)c(OC)n1. The Morgan fingerprint density at radius 2 is 1.82 bits per heavy atom. The molecule has 0 spiro atoms. The number of nitrogens with two attached hydrogens (primary N) is 1. The fraction of sp³-hybridized carbons (Fsp3) is 0.0769. The number of carbonyl (C=O) groups excluding carboxylic acids is 1. The largest absolute Gasteiger partial charge is 0.480 e. The zero-order chi connectivity index (χ0) is 27.6. The number of nitrogens with one attached hydrogen (secondary N) is 2. The van der Waals surface area contributed by atoms with E-state index in [9.17, 15) is 13.2 Å². The van der Waals surface area contributed by atoms with Crippen LogP contribution in [-0.4, -0.2) is 43.5 Å². The molecule has 0 fully saturated rings. The van der Waals surface area contributed by atoms with Crippen LogP contribution in [0.4, 0.5) is 17.1 Å². The molecular weight excluding hydrogens is 524 g/mol. The van der Waals surface area contributed by atoms with Gasteiger partial charge in [-0.3, -0.25) is 14.5 Å². The summed E-state index contributed by atoms with van der Waals surface area (Å²) in [5.74, 6) is -0.360. The molecular formula is C26H22N6O6S. The van der Waals surface area contributed by atoms with Crippen molar-refractivity contribution in [2.75, 3.05) is 24.3 Å². The third kappa shape index (κ3) is 5.15. The number of benzene rings is 2. The Labute approximate surface area is 222 Å². The molecule has 0 unspecified atom stereocenters. The molecule has 5 rings (SSSR count). The van der Waals surface area contributed by atoms with Crippen molar-refractivity contribution >= 4 is 43.9 Å². The van der Waals surface area contributed by atoms with E-state index < -0.39 is 15.9 Å². The highest BCUT2D eigenvalue weighted by Gasteiger charge is 2.18. The van der Waals surface area contributed by atoms with E-state index in [1.165, 1.54) is 32.7 Å². The average Bonchev–Trinajstić information content (AvgIpc) is 3.49. The first kappa shape index (κ1) is 25.5. The number of hydrogen-bond acceptors (Lipinski definition) is 10. The van der Waals surface area contributed by atoms with Crippen molar-refractivity contribution in [1.82, 2.24) is 15.0 Å². The number of pyridine rings is 1. The van der Waals surface area contributed by atoms with Gasteiger partial charge in [0.2, 0.25) is 5.88 Å². The summed E-state index contributed by atoms with van der Waals surface area (Å²) in [6.45, 7) is 0. The quantitative estimate of drug-likeness (QED) is 0.246. The van der Waals surface area contributed by atoms with E-state index in [-0.39, 0.29) is 16.5 Å². The molecule has 0 aliphatic rings. The Bertz CT molecular complexity index is 1790. The van der Waals surface area contributed by atoms with Gasteiger partial charge in [0.15, 0.2) is 0 Å². The Morgan fingerprint density at radius 1 is 1.00 bits per heavy atom. The lowest BCUT2D eigenvalue weighted by Gasteiger charge is -2.15. The molecule has 1 amide bonds. The lowest BCUT2D eigenvalue weighted by Crippen LogP contribution is -2.14. The molecule has 0 bridgehead atoms. The molecule has 3 aromatic heterocycles. The minimum atomic E-state index is -3.84. The van der Waals surface area contributed by atoms with Gasteiger partial charge in [-0.1, -0.05) is 18.2 Å². The van der Waals surface area contributed by atoms with E-state index in [1.54, 1.807) is 42.6 Å². The molecule has 5 aromatic rings. The molecule has 0 aliphatic heterocycles.